The average molecular weight is 356 g/mol. The van der Waals surface area contributed by atoms with Crippen LogP contribution in [0.1, 0.15) is 24.0 Å². The Morgan fingerprint density at radius 2 is 1.54 bits per heavy atom. The molecule has 0 N–H and O–H groups in total. The lowest BCUT2D eigenvalue weighted by atomic mass is 9.98. The summed E-state index contributed by atoms with van der Waals surface area (Å²) in [6.07, 6.45) is 4.94. The van der Waals surface area contributed by atoms with Gasteiger partial charge < -0.3 is 18.9 Å². The van der Waals surface area contributed by atoms with E-state index in [0.717, 1.165) is 65.3 Å². The number of rotatable bonds is 12. The van der Waals surface area contributed by atoms with Gasteiger partial charge in [0.25, 0.3) is 0 Å². The van der Waals surface area contributed by atoms with Crippen molar-refractivity contribution in [2.24, 2.45) is 0 Å². The van der Waals surface area contributed by atoms with Crippen LogP contribution in [0.4, 0.5) is 0 Å². The second-order valence-electron chi connectivity index (χ2n) is 7.24. The zero-order valence-electron chi connectivity index (χ0n) is 15.3. The van der Waals surface area contributed by atoms with Gasteiger partial charge in [0.2, 0.25) is 0 Å². The molecule has 0 spiro atoms. The first kappa shape index (κ1) is 17.9. The Kier molecular flexibility index (Phi) is 6.18. The van der Waals surface area contributed by atoms with Crippen LogP contribution >= 0.6 is 0 Å². The van der Waals surface area contributed by atoms with E-state index in [4.69, 9.17) is 18.9 Å². The van der Waals surface area contributed by atoms with Crippen molar-refractivity contribution in [3.8, 4) is 0 Å². The lowest BCUT2D eigenvalue weighted by molar-refractivity contribution is 0.114. The van der Waals surface area contributed by atoms with E-state index in [1.54, 1.807) is 0 Å². The second kappa shape index (κ2) is 8.96. The predicted molar refractivity (Wildman–Crippen MR) is 102 cm³/mol. The molecular formula is C22H28O4. The lowest BCUT2D eigenvalue weighted by Crippen LogP contribution is -2.04. The molecule has 0 amide bonds. The number of fused-ring (bicyclic) bond motifs is 1. The standard InChI is InChI=1S/C22H28O4/c1-5-18(7-3-11-24-14-21-16-26-21)22-9-8-17(12-19(22)6-1)4-2-10-23-13-20-15-25-20/h1,5-6,8-9,12,20-21H,2-4,7,10-11,13-16H2. The van der Waals surface area contributed by atoms with Crippen molar-refractivity contribution in [3.63, 3.8) is 0 Å². The summed E-state index contributed by atoms with van der Waals surface area (Å²) in [5.41, 5.74) is 2.79. The normalized spacial score (nSPS) is 21.2. The van der Waals surface area contributed by atoms with Crippen molar-refractivity contribution in [3.05, 3.63) is 47.5 Å². The summed E-state index contributed by atoms with van der Waals surface area (Å²) in [7, 11) is 0. The van der Waals surface area contributed by atoms with Gasteiger partial charge in [0.15, 0.2) is 0 Å². The quantitative estimate of drug-likeness (QED) is 0.431. The van der Waals surface area contributed by atoms with Crippen LogP contribution in [0.15, 0.2) is 36.4 Å². The van der Waals surface area contributed by atoms with Gasteiger partial charge in [-0.1, -0.05) is 36.4 Å². The molecule has 2 aliphatic heterocycles. The summed E-state index contributed by atoms with van der Waals surface area (Å²) >= 11 is 0. The van der Waals surface area contributed by atoms with Gasteiger partial charge in [0, 0.05) is 13.2 Å². The van der Waals surface area contributed by atoms with E-state index in [-0.39, 0.29) is 0 Å². The molecule has 0 aromatic heterocycles. The topological polar surface area (TPSA) is 43.5 Å². The van der Waals surface area contributed by atoms with E-state index in [2.05, 4.69) is 36.4 Å². The molecule has 2 aliphatic rings. The monoisotopic (exact) mass is 356 g/mol. The number of aryl methyl sites for hydroxylation is 2. The van der Waals surface area contributed by atoms with Gasteiger partial charge >= 0.3 is 0 Å². The van der Waals surface area contributed by atoms with Gasteiger partial charge in [-0.15, -0.1) is 0 Å². The van der Waals surface area contributed by atoms with Crippen LogP contribution in [-0.4, -0.2) is 51.8 Å². The molecule has 0 radical (unpaired) electrons. The van der Waals surface area contributed by atoms with Gasteiger partial charge in [0.05, 0.1) is 26.4 Å². The van der Waals surface area contributed by atoms with Crippen LogP contribution in [0.3, 0.4) is 0 Å². The summed E-state index contributed by atoms with van der Waals surface area (Å²) < 4.78 is 21.6. The minimum absolute atomic E-state index is 0.360. The van der Waals surface area contributed by atoms with Gasteiger partial charge in [-0.2, -0.15) is 0 Å². The molecule has 2 saturated heterocycles. The fourth-order valence-electron chi connectivity index (χ4n) is 3.27. The van der Waals surface area contributed by atoms with Crippen LogP contribution in [0.2, 0.25) is 0 Å². The smallest absolute Gasteiger partial charge is 0.104 e. The maximum Gasteiger partial charge on any atom is 0.104 e. The summed E-state index contributed by atoms with van der Waals surface area (Å²) in [6, 6.07) is 13.5. The summed E-state index contributed by atoms with van der Waals surface area (Å²) in [5, 5.41) is 2.70. The zero-order chi connectivity index (χ0) is 17.6. The molecular weight excluding hydrogens is 328 g/mol. The van der Waals surface area contributed by atoms with Crippen LogP contribution in [0, 0.1) is 0 Å². The molecule has 4 nitrogen and oxygen atoms in total. The minimum atomic E-state index is 0.360. The Morgan fingerprint density at radius 1 is 0.846 bits per heavy atom. The highest BCUT2D eigenvalue weighted by molar-refractivity contribution is 5.86. The molecule has 0 bridgehead atoms. The number of benzene rings is 2. The first-order valence-corrected chi connectivity index (χ1v) is 9.78. The molecule has 4 heteroatoms. The Hall–Kier alpha value is -1.46. The van der Waals surface area contributed by atoms with E-state index in [1.807, 2.05) is 0 Å². The van der Waals surface area contributed by atoms with Gasteiger partial charge in [-0.05, 0) is 47.6 Å². The van der Waals surface area contributed by atoms with Crippen molar-refractivity contribution in [2.45, 2.75) is 37.9 Å². The number of hydrogen-bond acceptors (Lipinski definition) is 4. The first-order valence-electron chi connectivity index (χ1n) is 9.78. The summed E-state index contributed by atoms with van der Waals surface area (Å²) in [6.45, 7) is 4.85. The van der Waals surface area contributed by atoms with Crippen LogP contribution in [0.25, 0.3) is 10.8 Å². The van der Waals surface area contributed by atoms with Crippen molar-refractivity contribution in [2.75, 3.05) is 39.6 Å². The van der Waals surface area contributed by atoms with Gasteiger partial charge in [-0.3, -0.25) is 0 Å². The third kappa shape index (κ3) is 5.52. The molecule has 4 rings (SSSR count). The average Bonchev–Trinajstić information content (AvgIpc) is 3.56. The highest BCUT2D eigenvalue weighted by atomic mass is 16.6. The van der Waals surface area contributed by atoms with Crippen LogP contribution in [-0.2, 0) is 31.8 Å². The molecule has 2 unspecified atom stereocenters. The van der Waals surface area contributed by atoms with E-state index >= 15 is 0 Å². The van der Waals surface area contributed by atoms with E-state index in [9.17, 15) is 0 Å². The Labute approximate surface area is 155 Å². The van der Waals surface area contributed by atoms with Crippen molar-refractivity contribution in [1.82, 2.24) is 0 Å². The SMILES string of the molecule is c1cc(CCCOCC2CO2)c2ccc(CCCOCC3CO3)cc2c1. The third-order valence-electron chi connectivity index (χ3n) is 4.94. The zero-order valence-corrected chi connectivity index (χ0v) is 15.3. The Balaban J connectivity index is 1.25. The van der Waals surface area contributed by atoms with Crippen molar-refractivity contribution >= 4 is 10.8 Å². The van der Waals surface area contributed by atoms with E-state index in [0.29, 0.717) is 12.2 Å². The van der Waals surface area contributed by atoms with Crippen LogP contribution in [0.5, 0.6) is 0 Å². The van der Waals surface area contributed by atoms with Crippen molar-refractivity contribution < 1.29 is 18.9 Å². The Bertz CT molecular complexity index is 706. The van der Waals surface area contributed by atoms with Crippen LogP contribution < -0.4 is 0 Å². The highest BCUT2D eigenvalue weighted by Crippen LogP contribution is 2.22. The molecule has 140 valence electrons. The molecule has 2 aromatic carbocycles. The molecule has 2 heterocycles. The van der Waals surface area contributed by atoms with E-state index in [1.165, 1.54) is 21.9 Å². The first-order chi connectivity index (χ1) is 12.9. The fourth-order valence-corrected chi connectivity index (χ4v) is 3.27. The number of hydrogen-bond donors (Lipinski definition) is 0. The Morgan fingerprint density at radius 3 is 2.23 bits per heavy atom. The van der Waals surface area contributed by atoms with Crippen molar-refractivity contribution in [1.29, 1.82) is 0 Å². The summed E-state index contributed by atoms with van der Waals surface area (Å²) in [4.78, 5) is 0. The molecule has 2 atom stereocenters. The third-order valence-corrected chi connectivity index (χ3v) is 4.94. The van der Waals surface area contributed by atoms with Gasteiger partial charge in [0.1, 0.15) is 12.2 Å². The van der Waals surface area contributed by atoms with Gasteiger partial charge in [-0.25, -0.2) is 0 Å². The minimum Gasteiger partial charge on any atom is -0.379 e. The molecule has 2 fully saturated rings. The predicted octanol–water partition coefficient (Wildman–Crippen LogP) is 3.54. The number of epoxide rings is 2. The van der Waals surface area contributed by atoms with E-state index < -0.39 is 0 Å². The maximum atomic E-state index is 5.65. The molecule has 26 heavy (non-hydrogen) atoms. The molecule has 2 aromatic rings. The second-order valence-corrected chi connectivity index (χ2v) is 7.24. The largest absolute Gasteiger partial charge is 0.379 e. The molecule has 0 saturated carbocycles. The summed E-state index contributed by atoms with van der Waals surface area (Å²) in [5.74, 6) is 0. The number of ether oxygens (including phenoxy) is 4. The lowest BCUT2D eigenvalue weighted by Gasteiger charge is -2.09. The fraction of sp³-hybridized carbons (Fsp3) is 0.545. The maximum absolute atomic E-state index is 5.65. The highest BCUT2D eigenvalue weighted by Gasteiger charge is 2.22. The molecule has 0 aliphatic carbocycles.